The number of ether oxygens (including phenoxy) is 1. The van der Waals surface area contributed by atoms with Gasteiger partial charge in [-0.2, -0.15) is 0 Å². The molecule has 0 aromatic carbocycles. The molecule has 82 valence electrons. The molecule has 0 aromatic heterocycles. The van der Waals surface area contributed by atoms with Crippen molar-refractivity contribution in [2.24, 2.45) is 0 Å². The maximum atomic E-state index is 11.1. The summed E-state index contributed by atoms with van der Waals surface area (Å²) < 4.78 is 4.59. The van der Waals surface area contributed by atoms with E-state index in [-0.39, 0.29) is 18.4 Å². The van der Waals surface area contributed by atoms with E-state index in [1.165, 1.54) is 26.2 Å². The smallest absolute Gasteiger partial charge is 0.303 e. The van der Waals surface area contributed by atoms with E-state index in [4.69, 9.17) is 0 Å². The summed E-state index contributed by atoms with van der Waals surface area (Å²) in [5, 5.41) is 0. The lowest BCUT2D eigenvalue weighted by Crippen LogP contribution is -2.11. The molecule has 0 heterocycles. The standard InChI is InChI=1S/C11H20O3/c1-3-4-5-6-7-8-11(13)9-14-10(2)12/h3-9H2,1-2H3. The van der Waals surface area contributed by atoms with Crippen LogP contribution >= 0.6 is 0 Å². The molecule has 0 aliphatic carbocycles. The third kappa shape index (κ3) is 9.23. The Balaban J connectivity index is 3.22. The highest BCUT2D eigenvalue weighted by Gasteiger charge is 2.03. The van der Waals surface area contributed by atoms with Crippen molar-refractivity contribution in [3.63, 3.8) is 0 Å². The van der Waals surface area contributed by atoms with Crippen LogP contribution in [0.1, 0.15) is 52.4 Å². The zero-order valence-electron chi connectivity index (χ0n) is 9.17. The summed E-state index contributed by atoms with van der Waals surface area (Å²) in [5.41, 5.74) is 0. The summed E-state index contributed by atoms with van der Waals surface area (Å²) in [6.45, 7) is 3.42. The van der Waals surface area contributed by atoms with E-state index in [1.54, 1.807) is 0 Å². The van der Waals surface area contributed by atoms with E-state index in [0.717, 1.165) is 12.8 Å². The first-order chi connectivity index (χ1) is 6.66. The second-order valence-corrected chi connectivity index (χ2v) is 3.48. The average molecular weight is 200 g/mol. The van der Waals surface area contributed by atoms with Gasteiger partial charge < -0.3 is 4.74 Å². The van der Waals surface area contributed by atoms with E-state index in [0.29, 0.717) is 6.42 Å². The number of carbonyl (C=O) groups excluding carboxylic acids is 2. The highest BCUT2D eigenvalue weighted by Crippen LogP contribution is 2.05. The lowest BCUT2D eigenvalue weighted by atomic mass is 10.1. The Morgan fingerprint density at radius 3 is 2.29 bits per heavy atom. The van der Waals surface area contributed by atoms with Crippen molar-refractivity contribution in [2.75, 3.05) is 6.61 Å². The molecule has 3 heteroatoms. The molecule has 3 nitrogen and oxygen atoms in total. The largest absolute Gasteiger partial charge is 0.458 e. The lowest BCUT2D eigenvalue weighted by molar-refractivity contribution is -0.145. The lowest BCUT2D eigenvalue weighted by Gasteiger charge is -2.01. The maximum absolute atomic E-state index is 11.1. The molecule has 0 fully saturated rings. The SMILES string of the molecule is CCCCCCCC(=O)COC(C)=O. The number of hydrogen-bond donors (Lipinski definition) is 0. The number of unbranched alkanes of at least 4 members (excludes halogenated alkanes) is 4. The number of esters is 1. The fourth-order valence-electron chi connectivity index (χ4n) is 1.18. The van der Waals surface area contributed by atoms with Gasteiger partial charge in [-0.25, -0.2) is 0 Å². The van der Waals surface area contributed by atoms with Gasteiger partial charge in [0, 0.05) is 13.3 Å². The van der Waals surface area contributed by atoms with Crippen LogP contribution in [0.2, 0.25) is 0 Å². The molecular weight excluding hydrogens is 180 g/mol. The molecule has 0 aromatic rings. The van der Waals surface area contributed by atoms with E-state index < -0.39 is 0 Å². The monoisotopic (exact) mass is 200 g/mol. The number of rotatable bonds is 8. The molecule has 0 aliphatic heterocycles. The zero-order valence-corrected chi connectivity index (χ0v) is 9.17. The molecule has 0 amide bonds. The van der Waals surface area contributed by atoms with E-state index in [1.807, 2.05) is 0 Å². The van der Waals surface area contributed by atoms with Crippen molar-refractivity contribution in [3.05, 3.63) is 0 Å². The number of Topliss-reactive ketones (excluding diaryl/α,β-unsaturated/α-hetero) is 1. The highest BCUT2D eigenvalue weighted by molar-refractivity contribution is 5.81. The van der Waals surface area contributed by atoms with Crippen LogP contribution in [-0.4, -0.2) is 18.4 Å². The quantitative estimate of drug-likeness (QED) is 0.446. The zero-order chi connectivity index (χ0) is 10.8. The van der Waals surface area contributed by atoms with Crippen LogP contribution in [0.3, 0.4) is 0 Å². The third-order valence-electron chi connectivity index (χ3n) is 2.00. The van der Waals surface area contributed by atoms with Gasteiger partial charge in [-0.05, 0) is 6.42 Å². The number of hydrogen-bond acceptors (Lipinski definition) is 3. The van der Waals surface area contributed by atoms with Crippen molar-refractivity contribution in [2.45, 2.75) is 52.4 Å². The normalized spacial score (nSPS) is 9.86. The summed E-state index contributed by atoms with van der Waals surface area (Å²) in [6, 6.07) is 0. The topological polar surface area (TPSA) is 43.4 Å². The average Bonchev–Trinajstić information content (AvgIpc) is 2.14. The predicted octanol–water partition coefficient (Wildman–Crippen LogP) is 2.48. The van der Waals surface area contributed by atoms with Gasteiger partial charge in [-0.3, -0.25) is 9.59 Å². The Morgan fingerprint density at radius 1 is 1.07 bits per heavy atom. The Hall–Kier alpha value is -0.860. The molecule has 0 atom stereocenters. The maximum Gasteiger partial charge on any atom is 0.303 e. The van der Waals surface area contributed by atoms with Gasteiger partial charge in [0.2, 0.25) is 0 Å². The molecule has 0 radical (unpaired) electrons. The minimum Gasteiger partial charge on any atom is -0.458 e. The predicted molar refractivity (Wildman–Crippen MR) is 55.0 cm³/mol. The van der Waals surface area contributed by atoms with Gasteiger partial charge in [0.15, 0.2) is 5.78 Å². The summed E-state index contributed by atoms with van der Waals surface area (Å²) in [6.07, 6.45) is 6.19. The van der Waals surface area contributed by atoms with Crippen LogP contribution in [-0.2, 0) is 14.3 Å². The number of ketones is 1. The number of carbonyl (C=O) groups is 2. The molecule has 0 rings (SSSR count). The molecule has 0 spiro atoms. The van der Waals surface area contributed by atoms with Crippen LogP contribution in [0.15, 0.2) is 0 Å². The fraction of sp³-hybridized carbons (Fsp3) is 0.818. The van der Waals surface area contributed by atoms with E-state index in [9.17, 15) is 9.59 Å². The first-order valence-corrected chi connectivity index (χ1v) is 5.32. The molecule has 0 N–H and O–H groups in total. The molecule has 0 saturated carbocycles. The fourth-order valence-corrected chi connectivity index (χ4v) is 1.18. The molecule has 14 heavy (non-hydrogen) atoms. The van der Waals surface area contributed by atoms with Gasteiger partial charge in [0.1, 0.15) is 6.61 Å². The Bertz CT molecular complexity index is 175. The Kier molecular flexibility index (Phi) is 8.19. The molecule has 0 aliphatic rings. The van der Waals surface area contributed by atoms with Gasteiger partial charge >= 0.3 is 5.97 Å². The molecule has 0 bridgehead atoms. The molecular formula is C11H20O3. The summed E-state index contributed by atoms with van der Waals surface area (Å²) in [5.74, 6) is -0.360. The first kappa shape index (κ1) is 13.1. The minimum atomic E-state index is -0.385. The summed E-state index contributed by atoms with van der Waals surface area (Å²) >= 11 is 0. The van der Waals surface area contributed by atoms with Crippen LogP contribution in [0.25, 0.3) is 0 Å². The third-order valence-corrected chi connectivity index (χ3v) is 2.00. The first-order valence-electron chi connectivity index (χ1n) is 5.32. The summed E-state index contributed by atoms with van der Waals surface area (Å²) in [7, 11) is 0. The van der Waals surface area contributed by atoms with Crippen LogP contribution in [0, 0.1) is 0 Å². The van der Waals surface area contributed by atoms with Crippen molar-refractivity contribution in [1.82, 2.24) is 0 Å². The van der Waals surface area contributed by atoms with Gasteiger partial charge in [0.05, 0.1) is 0 Å². The van der Waals surface area contributed by atoms with Crippen molar-refractivity contribution in [3.8, 4) is 0 Å². The van der Waals surface area contributed by atoms with Crippen LogP contribution in [0.5, 0.6) is 0 Å². The Labute approximate surface area is 85.8 Å². The van der Waals surface area contributed by atoms with Crippen molar-refractivity contribution >= 4 is 11.8 Å². The van der Waals surface area contributed by atoms with Crippen LogP contribution in [0.4, 0.5) is 0 Å². The Morgan fingerprint density at radius 2 is 1.71 bits per heavy atom. The molecule has 0 unspecified atom stereocenters. The van der Waals surface area contributed by atoms with Crippen molar-refractivity contribution < 1.29 is 14.3 Å². The van der Waals surface area contributed by atoms with E-state index in [2.05, 4.69) is 11.7 Å². The van der Waals surface area contributed by atoms with Crippen molar-refractivity contribution in [1.29, 1.82) is 0 Å². The second-order valence-electron chi connectivity index (χ2n) is 3.48. The summed E-state index contributed by atoms with van der Waals surface area (Å²) in [4.78, 5) is 21.5. The van der Waals surface area contributed by atoms with E-state index >= 15 is 0 Å². The highest BCUT2D eigenvalue weighted by atomic mass is 16.5. The van der Waals surface area contributed by atoms with Gasteiger partial charge in [-0.1, -0.05) is 32.6 Å². The van der Waals surface area contributed by atoms with Crippen LogP contribution < -0.4 is 0 Å². The van der Waals surface area contributed by atoms with Gasteiger partial charge in [-0.15, -0.1) is 0 Å². The second kappa shape index (κ2) is 8.73. The van der Waals surface area contributed by atoms with Gasteiger partial charge in [0.25, 0.3) is 0 Å². The minimum absolute atomic E-state index is 0.0247. The molecule has 0 saturated heterocycles.